The summed E-state index contributed by atoms with van der Waals surface area (Å²) in [6.07, 6.45) is 7.49. The van der Waals surface area contributed by atoms with Gasteiger partial charge in [0, 0.05) is 45.5 Å². The van der Waals surface area contributed by atoms with Crippen LogP contribution in [0.5, 0.6) is 0 Å². The number of nitrogens with one attached hydrogen (secondary N) is 1. The standard InChI is InChI=1S/C19H26N6O2/c1-23-16-15(8-5-9-20-16)22-17(18(23)26)24-10-12-25(13-11-24)19(27)21-14-6-3-2-4-7-14/h5,8-9,14H,2-4,6-7,10-13H2,1H3,(H,21,27). The predicted molar refractivity (Wildman–Crippen MR) is 104 cm³/mol. The maximum Gasteiger partial charge on any atom is 0.317 e. The van der Waals surface area contributed by atoms with Crippen molar-refractivity contribution < 1.29 is 4.79 Å². The number of amides is 2. The Kier molecular flexibility index (Phi) is 4.96. The van der Waals surface area contributed by atoms with Crippen LogP contribution in [0.25, 0.3) is 11.2 Å². The minimum absolute atomic E-state index is 0.0186. The SMILES string of the molecule is Cn1c(=O)c(N2CCN(C(=O)NC3CCCCC3)CC2)nc2cccnc21. The van der Waals surface area contributed by atoms with Crippen molar-refractivity contribution in [3.63, 3.8) is 0 Å². The number of urea groups is 1. The average Bonchev–Trinajstić information content (AvgIpc) is 2.71. The molecule has 3 heterocycles. The zero-order valence-electron chi connectivity index (χ0n) is 15.7. The normalized spacial score (nSPS) is 18.7. The summed E-state index contributed by atoms with van der Waals surface area (Å²) in [7, 11) is 1.72. The number of anilines is 1. The van der Waals surface area contributed by atoms with Crippen molar-refractivity contribution in [1.29, 1.82) is 0 Å². The molecule has 1 aliphatic heterocycles. The highest BCUT2D eigenvalue weighted by molar-refractivity contribution is 5.75. The van der Waals surface area contributed by atoms with Crippen LogP contribution in [0.3, 0.4) is 0 Å². The van der Waals surface area contributed by atoms with Crippen LogP contribution in [0, 0.1) is 0 Å². The summed E-state index contributed by atoms with van der Waals surface area (Å²) in [5.41, 5.74) is 1.13. The summed E-state index contributed by atoms with van der Waals surface area (Å²) in [5, 5.41) is 3.17. The number of piperazine rings is 1. The molecule has 0 aromatic carbocycles. The zero-order chi connectivity index (χ0) is 18.8. The fourth-order valence-electron chi connectivity index (χ4n) is 3.98. The number of rotatable bonds is 2. The number of nitrogens with zero attached hydrogens (tertiary/aromatic N) is 5. The van der Waals surface area contributed by atoms with Gasteiger partial charge in [-0.15, -0.1) is 0 Å². The molecule has 0 unspecified atom stereocenters. The maximum atomic E-state index is 12.7. The quantitative estimate of drug-likeness (QED) is 0.866. The topological polar surface area (TPSA) is 83.4 Å². The number of aromatic nitrogens is 3. The monoisotopic (exact) mass is 370 g/mol. The van der Waals surface area contributed by atoms with Gasteiger partial charge in [-0.2, -0.15) is 0 Å². The molecule has 144 valence electrons. The Morgan fingerprint density at radius 2 is 1.89 bits per heavy atom. The smallest absolute Gasteiger partial charge is 0.317 e. The van der Waals surface area contributed by atoms with Gasteiger partial charge >= 0.3 is 6.03 Å². The Hall–Kier alpha value is -2.64. The van der Waals surface area contributed by atoms with Crippen molar-refractivity contribution in [2.24, 2.45) is 7.05 Å². The lowest BCUT2D eigenvalue weighted by molar-refractivity contribution is 0.186. The summed E-state index contributed by atoms with van der Waals surface area (Å²) in [6.45, 7) is 2.39. The molecule has 4 rings (SSSR count). The number of aryl methyl sites for hydroxylation is 1. The molecule has 2 aromatic rings. The molecule has 8 heteroatoms. The molecular formula is C19H26N6O2. The van der Waals surface area contributed by atoms with Gasteiger partial charge in [0.15, 0.2) is 11.5 Å². The van der Waals surface area contributed by atoms with Gasteiger partial charge in [0.05, 0.1) is 0 Å². The summed E-state index contributed by atoms with van der Waals surface area (Å²) in [6, 6.07) is 4.01. The van der Waals surface area contributed by atoms with E-state index in [2.05, 4.69) is 15.3 Å². The van der Waals surface area contributed by atoms with Gasteiger partial charge < -0.3 is 15.1 Å². The number of pyridine rings is 1. The van der Waals surface area contributed by atoms with E-state index in [1.165, 1.54) is 19.3 Å². The van der Waals surface area contributed by atoms with Crippen molar-refractivity contribution in [3.05, 3.63) is 28.7 Å². The highest BCUT2D eigenvalue weighted by Crippen LogP contribution is 2.18. The van der Waals surface area contributed by atoms with E-state index < -0.39 is 0 Å². The average molecular weight is 370 g/mol. The molecule has 0 atom stereocenters. The van der Waals surface area contributed by atoms with Crippen LogP contribution >= 0.6 is 0 Å². The van der Waals surface area contributed by atoms with Gasteiger partial charge in [-0.3, -0.25) is 9.36 Å². The van der Waals surface area contributed by atoms with Gasteiger partial charge in [0.25, 0.3) is 5.56 Å². The van der Waals surface area contributed by atoms with Gasteiger partial charge in [0.1, 0.15) is 5.52 Å². The van der Waals surface area contributed by atoms with Crippen LogP contribution in [0.15, 0.2) is 23.1 Å². The van der Waals surface area contributed by atoms with Crippen molar-refractivity contribution in [2.45, 2.75) is 38.1 Å². The molecule has 2 aromatic heterocycles. The molecule has 2 amide bonds. The Morgan fingerprint density at radius 3 is 2.63 bits per heavy atom. The molecule has 27 heavy (non-hydrogen) atoms. The molecule has 1 N–H and O–H groups in total. The molecule has 0 spiro atoms. The third-order valence-corrected chi connectivity index (χ3v) is 5.61. The van der Waals surface area contributed by atoms with E-state index in [0.717, 1.165) is 12.8 Å². The first kappa shape index (κ1) is 17.8. The summed E-state index contributed by atoms with van der Waals surface area (Å²) >= 11 is 0. The molecule has 2 fully saturated rings. The van der Waals surface area contributed by atoms with Crippen molar-refractivity contribution >= 4 is 23.0 Å². The van der Waals surface area contributed by atoms with Gasteiger partial charge in [0.2, 0.25) is 0 Å². The second-order valence-electron chi connectivity index (χ2n) is 7.40. The van der Waals surface area contributed by atoms with Crippen LogP contribution in [0.2, 0.25) is 0 Å². The highest BCUT2D eigenvalue weighted by atomic mass is 16.2. The first-order valence-corrected chi connectivity index (χ1v) is 9.75. The number of hydrogen-bond donors (Lipinski definition) is 1. The molecule has 1 saturated heterocycles. The van der Waals surface area contributed by atoms with Crippen molar-refractivity contribution in [1.82, 2.24) is 24.8 Å². The summed E-state index contributed by atoms with van der Waals surface area (Å²) in [5.74, 6) is 0.435. The lowest BCUT2D eigenvalue weighted by Crippen LogP contribution is -2.54. The summed E-state index contributed by atoms with van der Waals surface area (Å²) < 4.78 is 1.54. The number of carbonyl (C=O) groups is 1. The molecule has 2 aliphatic rings. The van der Waals surface area contributed by atoms with E-state index in [1.54, 1.807) is 17.8 Å². The van der Waals surface area contributed by atoms with Crippen molar-refractivity contribution in [2.75, 3.05) is 31.1 Å². The van der Waals surface area contributed by atoms with E-state index in [4.69, 9.17) is 0 Å². The minimum atomic E-state index is -0.152. The van der Waals surface area contributed by atoms with E-state index in [-0.39, 0.29) is 11.6 Å². The van der Waals surface area contributed by atoms with Crippen LogP contribution in [-0.2, 0) is 7.05 Å². The number of carbonyl (C=O) groups excluding carboxylic acids is 1. The van der Waals surface area contributed by atoms with E-state index >= 15 is 0 Å². The van der Waals surface area contributed by atoms with Crippen LogP contribution in [0.4, 0.5) is 10.6 Å². The van der Waals surface area contributed by atoms with E-state index in [1.807, 2.05) is 21.9 Å². The Balaban J connectivity index is 1.43. The van der Waals surface area contributed by atoms with Gasteiger partial charge in [-0.25, -0.2) is 14.8 Å². The first-order valence-electron chi connectivity index (χ1n) is 9.75. The van der Waals surface area contributed by atoms with Crippen molar-refractivity contribution in [3.8, 4) is 0 Å². The molecule has 1 saturated carbocycles. The lowest BCUT2D eigenvalue weighted by Gasteiger charge is -2.36. The maximum absolute atomic E-state index is 12.7. The second kappa shape index (κ2) is 7.54. The number of hydrogen-bond acceptors (Lipinski definition) is 5. The van der Waals surface area contributed by atoms with E-state index in [9.17, 15) is 9.59 Å². The molecule has 0 radical (unpaired) electrons. The van der Waals surface area contributed by atoms with Crippen LogP contribution in [-0.4, -0.2) is 57.7 Å². The van der Waals surface area contributed by atoms with Gasteiger partial charge in [-0.1, -0.05) is 19.3 Å². The third kappa shape index (κ3) is 3.61. The molecule has 8 nitrogen and oxygen atoms in total. The van der Waals surface area contributed by atoms with Crippen LogP contribution in [0.1, 0.15) is 32.1 Å². The molecule has 0 bridgehead atoms. The molecular weight excluding hydrogens is 344 g/mol. The molecule has 1 aliphatic carbocycles. The first-order chi connectivity index (χ1) is 13.1. The lowest BCUT2D eigenvalue weighted by atomic mass is 9.96. The Bertz CT molecular complexity index is 881. The second-order valence-corrected chi connectivity index (χ2v) is 7.40. The Labute approximate surface area is 158 Å². The fourth-order valence-corrected chi connectivity index (χ4v) is 3.98. The summed E-state index contributed by atoms with van der Waals surface area (Å²) in [4.78, 5) is 37.8. The van der Waals surface area contributed by atoms with Crippen LogP contribution < -0.4 is 15.8 Å². The van der Waals surface area contributed by atoms with Gasteiger partial charge in [-0.05, 0) is 25.0 Å². The highest BCUT2D eigenvalue weighted by Gasteiger charge is 2.26. The largest absolute Gasteiger partial charge is 0.348 e. The number of fused-ring (bicyclic) bond motifs is 1. The third-order valence-electron chi connectivity index (χ3n) is 5.61. The minimum Gasteiger partial charge on any atom is -0.348 e. The Morgan fingerprint density at radius 1 is 1.15 bits per heavy atom. The zero-order valence-corrected chi connectivity index (χ0v) is 15.7. The predicted octanol–water partition coefficient (Wildman–Crippen LogP) is 1.49. The fraction of sp³-hybridized carbons (Fsp3) is 0.579. The van der Waals surface area contributed by atoms with E-state index in [0.29, 0.717) is 49.2 Å².